The highest BCUT2D eigenvalue weighted by Gasteiger charge is 2.42. The first-order valence-corrected chi connectivity index (χ1v) is 6.07. The maximum atomic E-state index is 12.3. The third-order valence-corrected chi connectivity index (χ3v) is 3.34. The molecule has 0 spiro atoms. The van der Waals surface area contributed by atoms with Gasteiger partial charge in [0.15, 0.2) is 0 Å². The molecule has 1 aromatic rings. The number of imide groups is 2. The topological polar surface area (TPSA) is 109 Å². The molecule has 20 heavy (non-hydrogen) atoms. The Kier molecular flexibility index (Phi) is 2.78. The molecular formula is C12H10N4O4. The van der Waals surface area contributed by atoms with Gasteiger partial charge in [0.1, 0.15) is 18.1 Å². The number of nitrogens with zero attached hydrogens (tertiary/aromatic N) is 3. The van der Waals surface area contributed by atoms with Crippen molar-refractivity contribution in [2.75, 3.05) is 0 Å². The summed E-state index contributed by atoms with van der Waals surface area (Å²) in [7, 11) is 0. The first-order valence-electron chi connectivity index (χ1n) is 6.07. The lowest BCUT2D eigenvalue weighted by molar-refractivity contribution is -0.143. The summed E-state index contributed by atoms with van der Waals surface area (Å²) in [6.45, 7) is 0. The number of hydrogen-bond donors (Lipinski definition) is 1. The molecule has 0 aromatic carbocycles. The van der Waals surface area contributed by atoms with Gasteiger partial charge in [-0.3, -0.25) is 29.4 Å². The second kappa shape index (κ2) is 4.48. The minimum atomic E-state index is -0.948. The average Bonchev–Trinajstić information content (AvgIpc) is 2.41. The van der Waals surface area contributed by atoms with Crippen LogP contribution in [0.25, 0.3) is 0 Å². The Bertz CT molecular complexity index is 642. The second-order valence-electron chi connectivity index (χ2n) is 4.61. The van der Waals surface area contributed by atoms with E-state index in [-0.39, 0.29) is 25.0 Å². The van der Waals surface area contributed by atoms with E-state index in [4.69, 9.17) is 0 Å². The number of fused-ring (bicyclic) bond motifs is 1. The van der Waals surface area contributed by atoms with Crippen LogP contribution >= 0.6 is 0 Å². The fourth-order valence-corrected chi connectivity index (χ4v) is 2.40. The highest BCUT2D eigenvalue weighted by atomic mass is 16.2. The zero-order valence-corrected chi connectivity index (χ0v) is 10.3. The Morgan fingerprint density at radius 3 is 2.80 bits per heavy atom. The van der Waals surface area contributed by atoms with Crippen molar-refractivity contribution < 1.29 is 19.2 Å². The van der Waals surface area contributed by atoms with Crippen molar-refractivity contribution in [1.29, 1.82) is 0 Å². The van der Waals surface area contributed by atoms with E-state index in [2.05, 4.69) is 15.3 Å². The Morgan fingerprint density at radius 1 is 1.25 bits per heavy atom. The van der Waals surface area contributed by atoms with Crippen LogP contribution in [0.2, 0.25) is 0 Å². The Morgan fingerprint density at radius 2 is 2.05 bits per heavy atom. The van der Waals surface area contributed by atoms with E-state index in [0.29, 0.717) is 5.56 Å². The van der Waals surface area contributed by atoms with E-state index < -0.39 is 29.7 Å². The van der Waals surface area contributed by atoms with E-state index in [9.17, 15) is 19.2 Å². The van der Waals surface area contributed by atoms with E-state index in [1.807, 2.05) is 0 Å². The average molecular weight is 274 g/mol. The summed E-state index contributed by atoms with van der Waals surface area (Å²) in [6, 6.07) is -0.948. The molecular weight excluding hydrogens is 264 g/mol. The van der Waals surface area contributed by atoms with Crippen LogP contribution in [0.1, 0.15) is 28.9 Å². The van der Waals surface area contributed by atoms with Crippen molar-refractivity contribution >= 4 is 23.6 Å². The summed E-state index contributed by atoms with van der Waals surface area (Å²) >= 11 is 0. The molecule has 4 amide bonds. The normalized spacial score (nSPS) is 22.6. The third kappa shape index (κ3) is 1.85. The molecule has 0 radical (unpaired) electrons. The van der Waals surface area contributed by atoms with Crippen LogP contribution < -0.4 is 5.32 Å². The van der Waals surface area contributed by atoms with E-state index in [1.54, 1.807) is 0 Å². The summed E-state index contributed by atoms with van der Waals surface area (Å²) in [5, 5.41) is 2.14. The lowest BCUT2D eigenvalue weighted by Crippen LogP contribution is -2.58. The fraction of sp³-hybridized carbons (Fsp3) is 0.333. The highest BCUT2D eigenvalue weighted by Crippen LogP contribution is 2.22. The van der Waals surface area contributed by atoms with Gasteiger partial charge in [-0.05, 0) is 6.42 Å². The molecule has 1 atom stereocenters. The maximum absolute atomic E-state index is 12.3. The van der Waals surface area contributed by atoms with Crippen LogP contribution in [0.3, 0.4) is 0 Å². The Balaban J connectivity index is 1.95. The molecule has 0 aliphatic carbocycles. The van der Waals surface area contributed by atoms with Gasteiger partial charge in [0.2, 0.25) is 17.7 Å². The molecule has 3 rings (SSSR count). The zero-order chi connectivity index (χ0) is 14.3. The minimum Gasteiger partial charge on any atom is -0.295 e. The third-order valence-electron chi connectivity index (χ3n) is 3.34. The lowest BCUT2D eigenvalue weighted by atomic mass is 9.98. The van der Waals surface area contributed by atoms with Gasteiger partial charge >= 0.3 is 0 Å². The van der Waals surface area contributed by atoms with Gasteiger partial charge in [0, 0.05) is 18.2 Å². The number of rotatable bonds is 1. The standard InChI is InChI=1S/C12H10N4O4/c17-8-2-1-7(11(19)15-8)16-9(18)3-6-4-13-5-14-10(6)12(16)20/h4-5,7H,1-3H2,(H,15,17,19). The van der Waals surface area contributed by atoms with Crippen LogP contribution in [0, 0.1) is 0 Å². The van der Waals surface area contributed by atoms with Crippen molar-refractivity contribution in [2.24, 2.45) is 0 Å². The van der Waals surface area contributed by atoms with E-state index in [1.165, 1.54) is 12.5 Å². The molecule has 8 nitrogen and oxygen atoms in total. The Labute approximate surface area is 113 Å². The molecule has 1 aromatic heterocycles. The first-order chi connectivity index (χ1) is 9.58. The fourth-order valence-electron chi connectivity index (χ4n) is 2.40. The molecule has 2 aliphatic heterocycles. The number of piperidine rings is 1. The van der Waals surface area contributed by atoms with E-state index >= 15 is 0 Å². The molecule has 1 fully saturated rings. The van der Waals surface area contributed by atoms with Crippen molar-refractivity contribution in [2.45, 2.75) is 25.3 Å². The molecule has 1 unspecified atom stereocenters. The summed E-state index contributed by atoms with van der Waals surface area (Å²) < 4.78 is 0. The van der Waals surface area contributed by atoms with Crippen LogP contribution in [-0.2, 0) is 20.8 Å². The largest absolute Gasteiger partial charge is 0.295 e. The SMILES string of the molecule is O=C1CCC(N2C(=O)Cc3cncnc3C2=O)C(=O)N1. The molecule has 2 aliphatic rings. The Hall–Kier alpha value is -2.64. The maximum Gasteiger partial charge on any atom is 0.280 e. The van der Waals surface area contributed by atoms with Gasteiger partial charge in [-0.2, -0.15) is 0 Å². The number of aromatic nitrogens is 2. The number of nitrogens with one attached hydrogen (secondary N) is 1. The number of amides is 4. The van der Waals surface area contributed by atoms with Gasteiger partial charge < -0.3 is 0 Å². The molecule has 3 heterocycles. The molecule has 102 valence electrons. The highest BCUT2D eigenvalue weighted by molar-refractivity contribution is 6.12. The van der Waals surface area contributed by atoms with Gasteiger partial charge in [-0.25, -0.2) is 9.97 Å². The molecule has 8 heteroatoms. The van der Waals surface area contributed by atoms with Crippen LogP contribution in [0.15, 0.2) is 12.5 Å². The molecule has 0 saturated carbocycles. The number of carbonyl (C=O) groups is 4. The predicted molar refractivity (Wildman–Crippen MR) is 63.1 cm³/mol. The van der Waals surface area contributed by atoms with Crippen LogP contribution in [0.5, 0.6) is 0 Å². The second-order valence-corrected chi connectivity index (χ2v) is 4.61. The monoisotopic (exact) mass is 274 g/mol. The van der Waals surface area contributed by atoms with Gasteiger partial charge in [0.25, 0.3) is 5.91 Å². The quantitative estimate of drug-likeness (QED) is 0.645. The summed E-state index contributed by atoms with van der Waals surface area (Å²) in [5.41, 5.74) is 0.579. The number of carbonyl (C=O) groups excluding carboxylic acids is 4. The zero-order valence-electron chi connectivity index (χ0n) is 10.3. The van der Waals surface area contributed by atoms with Crippen molar-refractivity contribution in [1.82, 2.24) is 20.2 Å². The van der Waals surface area contributed by atoms with Gasteiger partial charge in [0.05, 0.1) is 6.42 Å². The summed E-state index contributed by atoms with van der Waals surface area (Å²) in [5.74, 6) is -2.12. The van der Waals surface area contributed by atoms with Crippen LogP contribution in [0.4, 0.5) is 0 Å². The molecule has 1 saturated heterocycles. The molecule has 0 bridgehead atoms. The minimum absolute atomic E-state index is 0.0281. The van der Waals surface area contributed by atoms with Gasteiger partial charge in [-0.1, -0.05) is 0 Å². The van der Waals surface area contributed by atoms with Crippen molar-refractivity contribution in [3.63, 3.8) is 0 Å². The predicted octanol–water partition coefficient (Wildman–Crippen LogP) is -1.19. The van der Waals surface area contributed by atoms with E-state index in [0.717, 1.165) is 4.90 Å². The lowest BCUT2D eigenvalue weighted by Gasteiger charge is -2.33. The van der Waals surface area contributed by atoms with Crippen LogP contribution in [-0.4, -0.2) is 44.5 Å². The van der Waals surface area contributed by atoms with Gasteiger partial charge in [-0.15, -0.1) is 0 Å². The smallest absolute Gasteiger partial charge is 0.280 e. The summed E-state index contributed by atoms with van der Waals surface area (Å²) in [4.78, 5) is 55.8. The molecule has 1 N–H and O–H groups in total. The summed E-state index contributed by atoms with van der Waals surface area (Å²) in [6.07, 6.45) is 2.85. The van der Waals surface area contributed by atoms with Crippen molar-refractivity contribution in [3.05, 3.63) is 23.8 Å². The first kappa shape index (κ1) is 12.4. The van der Waals surface area contributed by atoms with Crippen molar-refractivity contribution in [3.8, 4) is 0 Å². The number of hydrogen-bond acceptors (Lipinski definition) is 6.